The molecule has 7 heteroatoms. The van der Waals surface area contributed by atoms with Crippen molar-refractivity contribution in [1.82, 2.24) is 0 Å². The van der Waals surface area contributed by atoms with E-state index in [-0.39, 0.29) is 0 Å². The van der Waals surface area contributed by atoms with Crippen LogP contribution in [0, 0.1) is 0 Å². The molecule has 1 atom stereocenters. The maximum Gasteiger partial charge on any atom is 0.448 e. The number of benzene rings is 1. The molecule has 0 spiro atoms. The Bertz CT molecular complexity index is 483. The fourth-order valence-electron chi connectivity index (χ4n) is 1.47. The van der Waals surface area contributed by atoms with Crippen LogP contribution >= 0.6 is 0 Å². The molecule has 2 nitrogen and oxygen atoms in total. The summed E-state index contributed by atoms with van der Waals surface area (Å²) in [7, 11) is -1.67. The molecule has 1 N–H and O–H groups in total. The fraction of sp³-hybridized carbons (Fsp3) is 0.429. The van der Waals surface area contributed by atoms with Gasteiger partial charge in [-0.3, -0.25) is 0 Å². The van der Waals surface area contributed by atoms with Crippen molar-refractivity contribution in [3.05, 3.63) is 36.5 Å². The SMILES string of the molecule is C=C[Si](C)(C)c1ccc(NCOC(C)(F)C(F)(F)F)cc1. The van der Waals surface area contributed by atoms with Crippen molar-refractivity contribution in [2.45, 2.75) is 32.0 Å². The molecule has 0 heterocycles. The number of nitrogens with one attached hydrogen (secondary N) is 1. The molecule has 21 heavy (non-hydrogen) atoms. The van der Waals surface area contributed by atoms with Gasteiger partial charge in [0.25, 0.3) is 0 Å². The van der Waals surface area contributed by atoms with Crippen LogP contribution in [-0.4, -0.2) is 26.8 Å². The van der Waals surface area contributed by atoms with E-state index >= 15 is 0 Å². The van der Waals surface area contributed by atoms with E-state index in [4.69, 9.17) is 0 Å². The van der Waals surface area contributed by atoms with Gasteiger partial charge in [-0.2, -0.15) is 13.2 Å². The maximum absolute atomic E-state index is 13.2. The first-order valence-corrected chi connectivity index (χ1v) is 9.45. The van der Waals surface area contributed by atoms with Gasteiger partial charge in [0.1, 0.15) is 14.8 Å². The van der Waals surface area contributed by atoms with Gasteiger partial charge in [0.15, 0.2) is 0 Å². The van der Waals surface area contributed by atoms with Crippen molar-refractivity contribution >= 4 is 18.9 Å². The lowest BCUT2D eigenvalue weighted by molar-refractivity contribution is -0.322. The minimum atomic E-state index is -5.06. The number of hydrogen-bond donors (Lipinski definition) is 1. The second kappa shape index (κ2) is 6.19. The molecule has 0 aliphatic heterocycles. The number of alkyl halides is 4. The van der Waals surface area contributed by atoms with Crippen LogP contribution in [0.15, 0.2) is 36.5 Å². The Morgan fingerprint density at radius 1 is 1.19 bits per heavy atom. The van der Waals surface area contributed by atoms with Crippen LogP contribution in [0.3, 0.4) is 0 Å². The summed E-state index contributed by atoms with van der Waals surface area (Å²) in [5.41, 5.74) is 2.50. The van der Waals surface area contributed by atoms with E-state index in [0.29, 0.717) is 12.6 Å². The highest BCUT2D eigenvalue weighted by Crippen LogP contribution is 2.34. The van der Waals surface area contributed by atoms with Crippen LogP contribution in [0.25, 0.3) is 0 Å². The Kier molecular flexibility index (Phi) is 5.22. The van der Waals surface area contributed by atoms with Crippen LogP contribution in [0.5, 0.6) is 0 Å². The summed E-state index contributed by atoms with van der Waals surface area (Å²) >= 11 is 0. The first-order chi connectivity index (χ1) is 9.49. The van der Waals surface area contributed by atoms with Gasteiger partial charge in [-0.25, -0.2) is 4.39 Å². The molecule has 0 aromatic heterocycles. The Balaban J connectivity index is 2.60. The number of anilines is 1. The molecule has 118 valence electrons. The highest BCUT2D eigenvalue weighted by Gasteiger charge is 2.53. The van der Waals surface area contributed by atoms with Crippen LogP contribution in [0.1, 0.15) is 6.92 Å². The molecule has 1 aromatic carbocycles. The Morgan fingerprint density at radius 3 is 2.14 bits per heavy atom. The quantitative estimate of drug-likeness (QED) is 0.486. The van der Waals surface area contributed by atoms with Crippen LogP contribution in [0.4, 0.5) is 23.2 Å². The average Bonchev–Trinajstić information content (AvgIpc) is 2.38. The molecule has 0 aliphatic carbocycles. The zero-order valence-corrected chi connectivity index (χ0v) is 13.2. The number of halogens is 4. The summed E-state index contributed by atoms with van der Waals surface area (Å²) < 4.78 is 54.1. The normalized spacial score (nSPS) is 15.4. The summed E-state index contributed by atoms with van der Waals surface area (Å²) in [5, 5.41) is 3.74. The Hall–Kier alpha value is -1.34. The summed E-state index contributed by atoms with van der Waals surface area (Å²) in [5.74, 6) is -3.67. The minimum absolute atomic E-state index is 0.343. The van der Waals surface area contributed by atoms with Gasteiger partial charge in [0, 0.05) is 12.6 Å². The second-order valence-electron chi connectivity index (χ2n) is 5.38. The summed E-state index contributed by atoms with van der Waals surface area (Å²) in [4.78, 5) is 0. The number of hydrogen-bond acceptors (Lipinski definition) is 2. The van der Waals surface area contributed by atoms with E-state index in [1.807, 2.05) is 17.8 Å². The van der Waals surface area contributed by atoms with Crippen LogP contribution in [0.2, 0.25) is 13.1 Å². The molecule has 0 saturated carbocycles. The Labute approximate surface area is 122 Å². The van der Waals surface area contributed by atoms with Gasteiger partial charge in [-0.1, -0.05) is 36.1 Å². The highest BCUT2D eigenvalue weighted by molar-refractivity contribution is 6.93. The predicted octanol–water partition coefficient (Wildman–Crippen LogP) is 3.96. The summed E-state index contributed by atoms with van der Waals surface area (Å²) in [6, 6.07) is 7.21. The maximum atomic E-state index is 13.2. The highest BCUT2D eigenvalue weighted by atomic mass is 28.3. The van der Waals surface area contributed by atoms with Gasteiger partial charge in [0.2, 0.25) is 0 Å². The zero-order valence-electron chi connectivity index (χ0n) is 12.2. The third-order valence-corrected chi connectivity index (χ3v) is 6.11. The third kappa shape index (κ3) is 4.57. The fourth-order valence-corrected chi connectivity index (χ4v) is 2.73. The number of ether oxygens (including phenoxy) is 1. The molecular weight excluding hydrogens is 302 g/mol. The molecule has 0 radical (unpaired) electrons. The smallest absolute Gasteiger partial charge is 0.363 e. The van der Waals surface area contributed by atoms with E-state index in [2.05, 4.69) is 29.7 Å². The van der Waals surface area contributed by atoms with E-state index in [0.717, 1.165) is 5.19 Å². The molecule has 0 amide bonds. The minimum Gasteiger partial charge on any atom is -0.363 e. The molecule has 0 fully saturated rings. The molecule has 1 rings (SSSR count). The van der Waals surface area contributed by atoms with Gasteiger partial charge < -0.3 is 10.1 Å². The van der Waals surface area contributed by atoms with Crippen LogP contribution < -0.4 is 10.5 Å². The molecule has 1 unspecified atom stereocenters. The lowest BCUT2D eigenvalue weighted by Crippen LogP contribution is -2.41. The summed E-state index contributed by atoms with van der Waals surface area (Å²) in [6.45, 7) is 7.83. The van der Waals surface area contributed by atoms with Crippen LogP contribution in [-0.2, 0) is 4.74 Å². The first kappa shape index (κ1) is 17.7. The van der Waals surface area contributed by atoms with Crippen molar-refractivity contribution in [1.29, 1.82) is 0 Å². The van der Waals surface area contributed by atoms with Crippen molar-refractivity contribution in [3.8, 4) is 0 Å². The lowest BCUT2D eigenvalue weighted by atomic mass is 10.3. The largest absolute Gasteiger partial charge is 0.448 e. The zero-order chi connectivity index (χ0) is 16.3. The number of rotatable bonds is 6. The lowest BCUT2D eigenvalue weighted by Gasteiger charge is -2.24. The van der Waals surface area contributed by atoms with Crippen molar-refractivity contribution in [3.63, 3.8) is 0 Å². The van der Waals surface area contributed by atoms with Gasteiger partial charge in [0.05, 0.1) is 0 Å². The summed E-state index contributed by atoms with van der Waals surface area (Å²) in [6.07, 6.45) is -5.06. The van der Waals surface area contributed by atoms with Gasteiger partial charge in [-0.05, 0) is 12.1 Å². The molecule has 0 saturated heterocycles. The topological polar surface area (TPSA) is 21.3 Å². The molecule has 0 aliphatic rings. The molecule has 1 aromatic rings. The predicted molar refractivity (Wildman–Crippen MR) is 78.9 cm³/mol. The van der Waals surface area contributed by atoms with E-state index in [9.17, 15) is 17.6 Å². The second-order valence-corrected chi connectivity index (χ2v) is 9.81. The van der Waals surface area contributed by atoms with Gasteiger partial charge in [-0.15, -0.1) is 6.58 Å². The first-order valence-electron chi connectivity index (χ1n) is 6.37. The van der Waals surface area contributed by atoms with Crippen molar-refractivity contribution in [2.75, 3.05) is 12.0 Å². The van der Waals surface area contributed by atoms with Crippen molar-refractivity contribution < 1.29 is 22.3 Å². The van der Waals surface area contributed by atoms with Gasteiger partial charge >= 0.3 is 12.0 Å². The van der Waals surface area contributed by atoms with E-state index in [1.54, 1.807) is 12.1 Å². The molecular formula is C14H19F4NOSi. The Morgan fingerprint density at radius 2 is 1.71 bits per heavy atom. The molecule has 0 bridgehead atoms. The van der Waals surface area contributed by atoms with Crippen molar-refractivity contribution in [2.24, 2.45) is 0 Å². The van der Waals surface area contributed by atoms with E-state index < -0.39 is 26.8 Å². The standard InChI is InChI=1S/C14H19F4NOSi/c1-5-21(3,4)12-8-6-11(7-9-12)19-10-20-13(2,15)14(16,17)18/h5-9,19H,1,10H2,2-4H3. The monoisotopic (exact) mass is 321 g/mol. The average molecular weight is 321 g/mol. The van der Waals surface area contributed by atoms with E-state index in [1.165, 1.54) is 0 Å². The third-order valence-electron chi connectivity index (χ3n) is 3.27.